The minimum absolute atomic E-state index is 0.189. The lowest BCUT2D eigenvalue weighted by Gasteiger charge is -2.20. The molecular weight excluding hydrogens is 262 g/mol. The quantitative estimate of drug-likeness (QED) is 0.854. The van der Waals surface area contributed by atoms with Gasteiger partial charge in [-0.2, -0.15) is 0 Å². The van der Waals surface area contributed by atoms with Crippen LogP contribution in [0.1, 0.15) is 34.5 Å². The summed E-state index contributed by atoms with van der Waals surface area (Å²) in [6.07, 6.45) is 0. The highest BCUT2D eigenvalue weighted by atomic mass is 35.5. The van der Waals surface area contributed by atoms with E-state index >= 15 is 0 Å². The molecule has 0 aliphatic carbocycles. The largest absolute Gasteiger partial charge is 0.306 e. The molecule has 1 N–H and O–H groups in total. The number of nitrogens with one attached hydrogen (secondary N) is 1. The zero-order valence-electron chi connectivity index (χ0n) is 11.0. The lowest BCUT2D eigenvalue weighted by Crippen LogP contribution is -2.22. The maximum Gasteiger partial charge on any atom is 0.0602 e. The van der Waals surface area contributed by atoms with Crippen LogP contribution in [0.4, 0.5) is 0 Å². The zero-order valence-corrected chi connectivity index (χ0v) is 12.5. The van der Waals surface area contributed by atoms with Gasteiger partial charge in [-0.1, -0.05) is 36.7 Å². The molecule has 1 aromatic heterocycles. The number of aryl methyl sites for hydroxylation is 2. The van der Waals surface area contributed by atoms with Crippen LogP contribution in [0, 0.1) is 13.8 Å². The number of rotatable bonds is 4. The molecule has 2 aromatic rings. The van der Waals surface area contributed by atoms with Crippen LogP contribution in [-0.4, -0.2) is 6.54 Å². The van der Waals surface area contributed by atoms with Crippen LogP contribution < -0.4 is 5.32 Å². The molecule has 0 saturated heterocycles. The Bertz CT molecular complexity index is 533. The van der Waals surface area contributed by atoms with Gasteiger partial charge in [0.2, 0.25) is 0 Å². The molecule has 18 heavy (non-hydrogen) atoms. The third-order valence-electron chi connectivity index (χ3n) is 3.15. The number of thiophene rings is 1. The Morgan fingerprint density at radius 3 is 2.61 bits per heavy atom. The van der Waals surface area contributed by atoms with Gasteiger partial charge in [0.05, 0.1) is 6.04 Å². The summed E-state index contributed by atoms with van der Waals surface area (Å²) >= 11 is 8.24. The molecular formula is C15H18ClNS. The smallest absolute Gasteiger partial charge is 0.0602 e. The van der Waals surface area contributed by atoms with Crippen molar-refractivity contribution in [3.8, 4) is 0 Å². The first-order valence-electron chi connectivity index (χ1n) is 6.17. The van der Waals surface area contributed by atoms with Gasteiger partial charge in [-0.3, -0.25) is 0 Å². The van der Waals surface area contributed by atoms with Crippen LogP contribution in [-0.2, 0) is 0 Å². The minimum Gasteiger partial charge on any atom is -0.306 e. The third kappa shape index (κ3) is 2.61. The van der Waals surface area contributed by atoms with E-state index in [1.54, 1.807) is 11.3 Å². The van der Waals surface area contributed by atoms with Crippen LogP contribution >= 0.6 is 22.9 Å². The Kier molecular flexibility index (Phi) is 4.44. The molecule has 1 atom stereocenters. The molecule has 0 saturated carbocycles. The van der Waals surface area contributed by atoms with Crippen LogP contribution in [0.25, 0.3) is 0 Å². The average Bonchev–Trinajstić information content (AvgIpc) is 2.76. The molecule has 1 nitrogen and oxygen atoms in total. The molecule has 0 amide bonds. The summed E-state index contributed by atoms with van der Waals surface area (Å²) in [4.78, 5) is 1.35. The molecule has 3 heteroatoms. The first kappa shape index (κ1) is 13.6. The summed E-state index contributed by atoms with van der Waals surface area (Å²) in [7, 11) is 0. The van der Waals surface area contributed by atoms with E-state index < -0.39 is 0 Å². The maximum atomic E-state index is 6.46. The Labute approximate surface area is 118 Å². The molecule has 0 aliphatic heterocycles. The van der Waals surface area contributed by atoms with E-state index in [0.717, 1.165) is 17.1 Å². The molecule has 0 fully saturated rings. The Balaban J connectivity index is 2.48. The van der Waals surface area contributed by atoms with E-state index in [-0.39, 0.29) is 6.04 Å². The molecule has 1 unspecified atom stereocenters. The Hall–Kier alpha value is -0.830. The van der Waals surface area contributed by atoms with E-state index in [2.05, 4.69) is 55.7 Å². The van der Waals surface area contributed by atoms with Gasteiger partial charge in [0, 0.05) is 9.90 Å². The predicted octanol–water partition coefficient (Wildman–Crippen LogP) is 4.72. The van der Waals surface area contributed by atoms with Gasteiger partial charge in [0.15, 0.2) is 0 Å². The highest BCUT2D eigenvalue weighted by Gasteiger charge is 2.19. The molecule has 0 bridgehead atoms. The van der Waals surface area contributed by atoms with Gasteiger partial charge < -0.3 is 5.32 Å². The van der Waals surface area contributed by atoms with Gasteiger partial charge in [0.25, 0.3) is 0 Å². The molecule has 2 rings (SSSR count). The molecule has 96 valence electrons. The molecule has 0 spiro atoms. The normalized spacial score (nSPS) is 12.7. The summed E-state index contributed by atoms with van der Waals surface area (Å²) < 4.78 is 0. The van der Waals surface area contributed by atoms with Crippen molar-refractivity contribution < 1.29 is 0 Å². The lowest BCUT2D eigenvalue weighted by atomic mass is 9.98. The second kappa shape index (κ2) is 5.87. The van der Waals surface area contributed by atoms with Gasteiger partial charge >= 0.3 is 0 Å². The second-order valence-electron chi connectivity index (χ2n) is 4.40. The fourth-order valence-corrected chi connectivity index (χ4v) is 3.15. The SMILES string of the molecule is CCNC(c1ccsc1C)c1cccc(C)c1Cl. The lowest BCUT2D eigenvalue weighted by molar-refractivity contribution is 0.630. The number of halogens is 1. The third-order valence-corrected chi connectivity index (χ3v) is 4.53. The van der Waals surface area contributed by atoms with Crippen LogP contribution in [0.3, 0.4) is 0 Å². The molecule has 1 heterocycles. The second-order valence-corrected chi connectivity index (χ2v) is 5.90. The Morgan fingerprint density at radius 2 is 2.00 bits per heavy atom. The van der Waals surface area contributed by atoms with Crippen molar-refractivity contribution in [2.24, 2.45) is 0 Å². The highest BCUT2D eigenvalue weighted by molar-refractivity contribution is 7.10. The van der Waals surface area contributed by atoms with Crippen molar-refractivity contribution in [1.82, 2.24) is 5.32 Å². The van der Waals surface area contributed by atoms with Crippen molar-refractivity contribution in [1.29, 1.82) is 0 Å². The standard InChI is InChI=1S/C15H18ClNS/c1-4-17-15(12-8-9-18-11(12)3)13-7-5-6-10(2)14(13)16/h5-9,15,17H,4H2,1-3H3. The van der Waals surface area contributed by atoms with Crippen molar-refractivity contribution in [2.45, 2.75) is 26.8 Å². The van der Waals surface area contributed by atoms with E-state index in [9.17, 15) is 0 Å². The first-order chi connectivity index (χ1) is 8.65. The number of hydrogen-bond donors (Lipinski definition) is 1. The van der Waals surface area contributed by atoms with Crippen molar-refractivity contribution >= 4 is 22.9 Å². The zero-order chi connectivity index (χ0) is 13.1. The Morgan fingerprint density at radius 1 is 1.22 bits per heavy atom. The monoisotopic (exact) mass is 279 g/mol. The summed E-state index contributed by atoms with van der Waals surface area (Å²) in [5.74, 6) is 0. The highest BCUT2D eigenvalue weighted by Crippen LogP contribution is 2.33. The average molecular weight is 280 g/mol. The van der Waals surface area contributed by atoms with Crippen LogP contribution in [0.2, 0.25) is 5.02 Å². The van der Waals surface area contributed by atoms with Crippen molar-refractivity contribution in [2.75, 3.05) is 6.54 Å². The van der Waals surface area contributed by atoms with Gasteiger partial charge in [-0.15, -0.1) is 11.3 Å². The maximum absolute atomic E-state index is 6.46. The van der Waals surface area contributed by atoms with Crippen LogP contribution in [0.15, 0.2) is 29.6 Å². The van der Waals surface area contributed by atoms with Gasteiger partial charge in [-0.25, -0.2) is 0 Å². The first-order valence-corrected chi connectivity index (χ1v) is 7.43. The van der Waals surface area contributed by atoms with E-state index in [1.807, 2.05) is 0 Å². The summed E-state index contributed by atoms with van der Waals surface area (Å²) in [6, 6.07) is 8.61. The topological polar surface area (TPSA) is 12.0 Å². The molecule has 0 radical (unpaired) electrons. The summed E-state index contributed by atoms with van der Waals surface area (Å²) in [5.41, 5.74) is 3.62. The van der Waals surface area contributed by atoms with Crippen molar-refractivity contribution in [3.63, 3.8) is 0 Å². The van der Waals surface area contributed by atoms with Gasteiger partial charge in [0.1, 0.15) is 0 Å². The van der Waals surface area contributed by atoms with Gasteiger partial charge in [-0.05, 0) is 48.5 Å². The number of benzene rings is 1. The molecule has 1 aromatic carbocycles. The fourth-order valence-electron chi connectivity index (χ4n) is 2.18. The van der Waals surface area contributed by atoms with E-state index in [4.69, 9.17) is 11.6 Å². The number of hydrogen-bond acceptors (Lipinski definition) is 2. The minimum atomic E-state index is 0.189. The fraction of sp³-hybridized carbons (Fsp3) is 0.333. The van der Waals surface area contributed by atoms with Crippen LogP contribution in [0.5, 0.6) is 0 Å². The van der Waals surface area contributed by atoms with Crippen molar-refractivity contribution in [3.05, 3.63) is 56.2 Å². The molecule has 0 aliphatic rings. The van der Waals surface area contributed by atoms with E-state index in [0.29, 0.717) is 0 Å². The summed E-state index contributed by atoms with van der Waals surface area (Å²) in [5, 5.41) is 6.54. The van der Waals surface area contributed by atoms with E-state index in [1.165, 1.54) is 16.0 Å². The predicted molar refractivity (Wildman–Crippen MR) is 80.8 cm³/mol. The summed E-state index contributed by atoms with van der Waals surface area (Å²) in [6.45, 7) is 7.26.